The summed E-state index contributed by atoms with van der Waals surface area (Å²) in [5, 5.41) is 3.51. The first-order chi connectivity index (χ1) is 10.7. The van der Waals surface area contributed by atoms with Crippen LogP contribution in [0.5, 0.6) is 0 Å². The van der Waals surface area contributed by atoms with Gasteiger partial charge in [0.25, 0.3) is 5.92 Å². The number of thioether (sulfide) groups is 1. The number of carbonyl (C=O) groups is 1. The summed E-state index contributed by atoms with van der Waals surface area (Å²) in [5.74, 6) is -3.09. The molecular weight excluding hydrogens is 322 g/mol. The number of rotatable bonds is 1. The fourth-order valence-electron chi connectivity index (χ4n) is 4.62. The highest BCUT2D eigenvalue weighted by molar-refractivity contribution is 8.16. The SMILES string of the molecule is CC1(C)CC2(CCO1)SC(=N[C@H]1C[C@H]3CC1CC3(F)F)NC2=O. The van der Waals surface area contributed by atoms with Gasteiger partial charge in [0.05, 0.1) is 11.6 Å². The first-order valence-corrected chi connectivity index (χ1v) is 9.11. The molecule has 2 aliphatic carbocycles. The summed E-state index contributed by atoms with van der Waals surface area (Å²) in [6, 6.07) is -0.0644. The molecule has 1 spiro atoms. The third-order valence-corrected chi connectivity index (χ3v) is 7.03. The van der Waals surface area contributed by atoms with Gasteiger partial charge in [0.1, 0.15) is 4.75 Å². The van der Waals surface area contributed by atoms with Gasteiger partial charge in [-0.3, -0.25) is 9.79 Å². The van der Waals surface area contributed by atoms with Crippen molar-refractivity contribution in [2.75, 3.05) is 6.61 Å². The summed E-state index contributed by atoms with van der Waals surface area (Å²) >= 11 is 1.48. The zero-order chi connectivity index (χ0) is 16.5. The molecule has 4 aliphatic rings. The lowest BCUT2D eigenvalue weighted by Crippen LogP contribution is -2.48. The lowest BCUT2D eigenvalue weighted by Gasteiger charge is -2.39. The zero-order valence-corrected chi connectivity index (χ0v) is 14.2. The van der Waals surface area contributed by atoms with Crippen LogP contribution < -0.4 is 5.32 Å². The molecule has 0 radical (unpaired) electrons. The fraction of sp³-hybridized carbons (Fsp3) is 0.875. The molecule has 0 aromatic heterocycles. The predicted molar refractivity (Wildman–Crippen MR) is 84.7 cm³/mol. The number of carbonyl (C=O) groups excluding carboxylic acids is 1. The largest absolute Gasteiger partial charge is 0.375 e. The fourth-order valence-corrected chi connectivity index (χ4v) is 6.07. The number of hydrogen-bond acceptors (Lipinski definition) is 4. The number of amidine groups is 1. The molecule has 4 fully saturated rings. The lowest BCUT2D eigenvalue weighted by atomic mass is 9.87. The van der Waals surface area contributed by atoms with Crippen LogP contribution in [-0.4, -0.2) is 40.0 Å². The number of fused-ring (bicyclic) bond motifs is 2. The van der Waals surface area contributed by atoms with E-state index >= 15 is 0 Å². The van der Waals surface area contributed by atoms with Gasteiger partial charge in [0, 0.05) is 18.9 Å². The van der Waals surface area contributed by atoms with Crippen LogP contribution in [-0.2, 0) is 9.53 Å². The summed E-state index contributed by atoms with van der Waals surface area (Å²) in [6.45, 7) is 4.55. The Morgan fingerprint density at radius 3 is 2.74 bits per heavy atom. The van der Waals surface area contributed by atoms with Crippen LogP contribution in [0.15, 0.2) is 4.99 Å². The van der Waals surface area contributed by atoms with Crippen molar-refractivity contribution in [2.45, 2.75) is 68.3 Å². The van der Waals surface area contributed by atoms with Crippen LogP contribution in [0, 0.1) is 11.8 Å². The van der Waals surface area contributed by atoms with Crippen LogP contribution in [0.25, 0.3) is 0 Å². The Kier molecular flexibility index (Phi) is 3.38. The molecule has 2 heterocycles. The third-order valence-electron chi connectivity index (χ3n) is 5.71. The van der Waals surface area contributed by atoms with E-state index in [1.807, 2.05) is 13.8 Å². The van der Waals surface area contributed by atoms with Gasteiger partial charge in [-0.15, -0.1) is 0 Å². The first-order valence-electron chi connectivity index (χ1n) is 8.29. The molecule has 0 aromatic carbocycles. The molecule has 4 rings (SSSR count). The van der Waals surface area contributed by atoms with Crippen LogP contribution in [0.2, 0.25) is 0 Å². The summed E-state index contributed by atoms with van der Waals surface area (Å²) in [6.07, 6.45) is 2.27. The number of nitrogens with one attached hydrogen (secondary N) is 1. The second-order valence-corrected chi connectivity index (χ2v) is 9.35. The van der Waals surface area contributed by atoms with Gasteiger partial charge in [-0.05, 0) is 45.4 Å². The van der Waals surface area contributed by atoms with Crippen molar-refractivity contribution in [3.8, 4) is 0 Å². The van der Waals surface area contributed by atoms with E-state index in [2.05, 4.69) is 10.3 Å². The molecule has 4 atom stereocenters. The summed E-state index contributed by atoms with van der Waals surface area (Å²) in [5.41, 5.74) is -0.327. The number of amides is 1. The molecule has 23 heavy (non-hydrogen) atoms. The third kappa shape index (κ3) is 2.60. The average molecular weight is 344 g/mol. The zero-order valence-electron chi connectivity index (χ0n) is 13.4. The average Bonchev–Trinajstić information content (AvgIpc) is 3.00. The molecule has 2 saturated heterocycles. The van der Waals surface area contributed by atoms with Crippen LogP contribution in [0.4, 0.5) is 8.78 Å². The normalized spacial score (nSPS) is 45.8. The van der Waals surface area contributed by atoms with E-state index in [4.69, 9.17) is 4.74 Å². The molecule has 4 nitrogen and oxygen atoms in total. The second-order valence-electron chi connectivity index (χ2n) is 7.98. The van der Waals surface area contributed by atoms with Crippen molar-refractivity contribution in [3.63, 3.8) is 0 Å². The Morgan fingerprint density at radius 1 is 1.35 bits per heavy atom. The van der Waals surface area contributed by atoms with E-state index in [0.717, 1.165) is 0 Å². The van der Waals surface area contributed by atoms with E-state index < -0.39 is 16.6 Å². The van der Waals surface area contributed by atoms with E-state index in [0.29, 0.717) is 37.5 Å². The molecule has 0 aromatic rings. The highest BCUT2D eigenvalue weighted by Gasteiger charge is 2.57. The number of aliphatic imine (C=N–C) groups is 1. The van der Waals surface area contributed by atoms with Gasteiger partial charge in [-0.1, -0.05) is 11.8 Å². The van der Waals surface area contributed by atoms with Crippen LogP contribution in [0.3, 0.4) is 0 Å². The van der Waals surface area contributed by atoms with E-state index in [1.54, 1.807) is 0 Å². The Labute approximate surface area is 138 Å². The number of ether oxygens (including phenoxy) is 1. The molecule has 2 unspecified atom stereocenters. The molecular formula is C16H22F2N2O2S. The Morgan fingerprint density at radius 2 is 2.13 bits per heavy atom. The van der Waals surface area contributed by atoms with Gasteiger partial charge in [-0.2, -0.15) is 0 Å². The van der Waals surface area contributed by atoms with Crippen LogP contribution in [0.1, 0.15) is 46.0 Å². The topological polar surface area (TPSA) is 50.7 Å². The maximum atomic E-state index is 13.6. The maximum Gasteiger partial charge on any atom is 0.251 e. The van der Waals surface area contributed by atoms with Crippen molar-refractivity contribution in [2.24, 2.45) is 16.8 Å². The molecule has 2 bridgehead atoms. The molecule has 1 N–H and O–H groups in total. The highest BCUT2D eigenvalue weighted by Crippen LogP contribution is 2.55. The molecule has 2 saturated carbocycles. The molecule has 2 aliphatic heterocycles. The number of halogens is 2. The monoisotopic (exact) mass is 344 g/mol. The standard InChI is InChI=1S/C16H22F2N2O2S/c1-14(2)8-15(3-4-22-14)12(21)20-13(23-15)19-11-6-10-5-9(11)7-16(10,17)18/h9-11H,3-8H2,1-2H3,(H,19,20,21)/t9?,10-,11+,15?/m1/s1. The maximum absolute atomic E-state index is 13.6. The van der Waals surface area contributed by atoms with Crippen molar-refractivity contribution in [3.05, 3.63) is 0 Å². The summed E-state index contributed by atoms with van der Waals surface area (Å²) in [4.78, 5) is 17.1. The van der Waals surface area contributed by atoms with Crippen molar-refractivity contribution in [1.29, 1.82) is 0 Å². The quantitative estimate of drug-likeness (QED) is 0.796. The van der Waals surface area contributed by atoms with E-state index in [-0.39, 0.29) is 29.9 Å². The highest BCUT2D eigenvalue weighted by atomic mass is 32.2. The predicted octanol–water partition coefficient (Wildman–Crippen LogP) is 2.97. The number of nitrogens with zero attached hydrogens (tertiary/aromatic N) is 1. The minimum atomic E-state index is -2.51. The molecule has 1 amide bonds. The van der Waals surface area contributed by atoms with E-state index in [1.165, 1.54) is 11.8 Å². The van der Waals surface area contributed by atoms with E-state index in [9.17, 15) is 13.6 Å². The van der Waals surface area contributed by atoms with Gasteiger partial charge >= 0.3 is 0 Å². The van der Waals surface area contributed by atoms with Crippen molar-refractivity contribution < 1.29 is 18.3 Å². The minimum Gasteiger partial charge on any atom is -0.375 e. The molecule has 128 valence electrons. The Bertz CT molecular complexity index is 580. The minimum absolute atomic E-state index is 0.00823. The van der Waals surface area contributed by atoms with Gasteiger partial charge in [-0.25, -0.2) is 8.78 Å². The second kappa shape index (κ2) is 4.91. The number of alkyl halides is 2. The Balaban J connectivity index is 1.49. The van der Waals surface area contributed by atoms with Gasteiger partial charge in [0.2, 0.25) is 5.91 Å². The summed E-state index contributed by atoms with van der Waals surface area (Å²) < 4.78 is 32.4. The van der Waals surface area contributed by atoms with Gasteiger partial charge in [0.15, 0.2) is 5.17 Å². The smallest absolute Gasteiger partial charge is 0.251 e. The lowest BCUT2D eigenvalue weighted by molar-refractivity contribution is -0.129. The molecule has 7 heteroatoms. The van der Waals surface area contributed by atoms with Gasteiger partial charge < -0.3 is 10.1 Å². The van der Waals surface area contributed by atoms with Crippen LogP contribution >= 0.6 is 11.8 Å². The van der Waals surface area contributed by atoms with Crippen molar-refractivity contribution >= 4 is 22.8 Å². The number of hydrogen-bond donors (Lipinski definition) is 1. The Hall–Kier alpha value is -0.690. The first kappa shape index (κ1) is 15.8. The van der Waals surface area contributed by atoms with Crippen molar-refractivity contribution in [1.82, 2.24) is 5.32 Å². The summed E-state index contributed by atoms with van der Waals surface area (Å²) in [7, 11) is 0.